The molecule has 80 valence electrons. The summed E-state index contributed by atoms with van der Waals surface area (Å²) in [4.78, 5) is 0. The lowest BCUT2D eigenvalue weighted by molar-refractivity contribution is 0.362. The lowest BCUT2D eigenvalue weighted by Gasteiger charge is -2.14. The molecule has 2 aliphatic carbocycles. The van der Waals surface area contributed by atoms with Gasteiger partial charge in [-0.25, -0.2) is 0 Å². The summed E-state index contributed by atoms with van der Waals surface area (Å²) in [7, 11) is 0. The highest BCUT2D eigenvalue weighted by molar-refractivity contribution is 4.96. The topological polar surface area (TPSA) is 0 Å². The molecule has 2 atom stereocenters. The Morgan fingerprint density at radius 1 is 0.769 bits per heavy atom. The summed E-state index contributed by atoms with van der Waals surface area (Å²) >= 11 is 0. The van der Waals surface area contributed by atoms with Crippen molar-refractivity contribution in [3.05, 3.63) is 0 Å². The zero-order valence-electron chi connectivity index (χ0n) is 10.4. The van der Waals surface area contributed by atoms with Crippen LogP contribution in [0.15, 0.2) is 0 Å². The van der Waals surface area contributed by atoms with Gasteiger partial charge in [0.2, 0.25) is 0 Å². The summed E-state index contributed by atoms with van der Waals surface area (Å²) in [6, 6.07) is 0. The molecule has 0 bridgehead atoms. The third kappa shape index (κ3) is 3.70. The fraction of sp³-hybridized carbons (Fsp3) is 1.00. The molecule has 0 nitrogen and oxygen atoms in total. The van der Waals surface area contributed by atoms with Crippen LogP contribution in [0.4, 0.5) is 0 Å². The van der Waals surface area contributed by atoms with Crippen LogP contribution < -0.4 is 0 Å². The highest BCUT2D eigenvalue weighted by atomic mass is 14.5. The van der Waals surface area contributed by atoms with Crippen LogP contribution in [0, 0.1) is 23.7 Å². The molecule has 0 amide bonds. The van der Waals surface area contributed by atoms with Crippen molar-refractivity contribution in [2.24, 2.45) is 23.7 Å². The van der Waals surface area contributed by atoms with Crippen molar-refractivity contribution in [1.82, 2.24) is 0 Å². The highest BCUT2D eigenvalue weighted by Gasteiger charge is 2.46. The third-order valence-corrected chi connectivity index (χ3v) is 3.22. The van der Waals surface area contributed by atoms with Crippen molar-refractivity contribution in [2.45, 2.75) is 60.8 Å². The SMILES string of the molecule is CC.CC.CC(C)C1CC2CC2C1. The normalized spacial score (nSPS) is 33.9. The largest absolute Gasteiger partial charge is 0.0683 e. The van der Waals surface area contributed by atoms with E-state index in [0.29, 0.717) is 0 Å². The van der Waals surface area contributed by atoms with Gasteiger partial charge in [-0.15, -0.1) is 0 Å². The molecule has 0 aliphatic heterocycles. The van der Waals surface area contributed by atoms with E-state index in [1.54, 1.807) is 19.3 Å². The summed E-state index contributed by atoms with van der Waals surface area (Å²) in [5.74, 6) is 4.40. The Balaban J connectivity index is 0.000000322. The number of rotatable bonds is 1. The molecule has 0 heterocycles. The molecule has 2 unspecified atom stereocenters. The lowest BCUT2D eigenvalue weighted by atomic mass is 9.91. The van der Waals surface area contributed by atoms with Gasteiger partial charge >= 0.3 is 0 Å². The van der Waals surface area contributed by atoms with Crippen LogP contribution >= 0.6 is 0 Å². The standard InChI is InChI=1S/C9H16.2C2H6/c1-6(2)7-3-8-5-9(8)4-7;2*1-2/h6-9H,3-5H2,1-2H3;2*1-2H3. The fourth-order valence-corrected chi connectivity index (χ4v) is 2.31. The molecule has 0 aromatic heterocycles. The molecule has 0 N–H and O–H groups in total. The van der Waals surface area contributed by atoms with Crippen LogP contribution in [0.1, 0.15) is 60.8 Å². The van der Waals surface area contributed by atoms with Crippen molar-refractivity contribution >= 4 is 0 Å². The average molecular weight is 184 g/mol. The van der Waals surface area contributed by atoms with Gasteiger partial charge in [-0.2, -0.15) is 0 Å². The zero-order valence-corrected chi connectivity index (χ0v) is 10.4. The Labute approximate surface area is 85.1 Å². The first-order valence-corrected chi connectivity index (χ1v) is 6.27. The molecule has 2 rings (SSSR count). The van der Waals surface area contributed by atoms with Crippen molar-refractivity contribution < 1.29 is 0 Å². The predicted molar refractivity (Wildman–Crippen MR) is 61.9 cm³/mol. The Kier molecular flexibility index (Phi) is 6.45. The van der Waals surface area contributed by atoms with Gasteiger partial charge in [-0.1, -0.05) is 41.5 Å². The molecular weight excluding hydrogens is 156 g/mol. The van der Waals surface area contributed by atoms with Crippen LogP contribution in [0.2, 0.25) is 0 Å². The van der Waals surface area contributed by atoms with Gasteiger partial charge in [-0.3, -0.25) is 0 Å². The Morgan fingerprint density at radius 3 is 1.38 bits per heavy atom. The predicted octanol–water partition coefficient (Wildman–Crippen LogP) is 4.74. The average Bonchev–Trinajstić information content (AvgIpc) is 2.80. The summed E-state index contributed by atoms with van der Waals surface area (Å²) in [6.45, 7) is 12.7. The van der Waals surface area contributed by atoms with E-state index in [2.05, 4.69) is 13.8 Å². The van der Waals surface area contributed by atoms with E-state index >= 15 is 0 Å². The molecule has 0 saturated heterocycles. The maximum Gasteiger partial charge on any atom is -0.0380 e. The van der Waals surface area contributed by atoms with Gasteiger partial charge in [0.1, 0.15) is 0 Å². The minimum atomic E-state index is 0.956. The van der Waals surface area contributed by atoms with E-state index < -0.39 is 0 Å². The first kappa shape index (κ1) is 13.0. The second-order valence-corrected chi connectivity index (χ2v) is 4.23. The molecular formula is C13H28. The Morgan fingerprint density at radius 2 is 1.15 bits per heavy atom. The molecule has 0 heteroatoms. The zero-order chi connectivity index (χ0) is 10.4. The minimum absolute atomic E-state index is 0.956. The van der Waals surface area contributed by atoms with E-state index in [-0.39, 0.29) is 0 Å². The van der Waals surface area contributed by atoms with E-state index in [0.717, 1.165) is 11.8 Å². The second kappa shape index (κ2) is 6.45. The molecule has 13 heavy (non-hydrogen) atoms. The monoisotopic (exact) mass is 184 g/mol. The number of hydrogen-bond donors (Lipinski definition) is 0. The van der Waals surface area contributed by atoms with E-state index in [1.807, 2.05) is 27.7 Å². The highest BCUT2D eigenvalue weighted by Crippen LogP contribution is 2.55. The third-order valence-electron chi connectivity index (χ3n) is 3.22. The van der Waals surface area contributed by atoms with Crippen LogP contribution in [-0.2, 0) is 0 Å². The van der Waals surface area contributed by atoms with Crippen LogP contribution in [0.3, 0.4) is 0 Å². The number of hydrogen-bond acceptors (Lipinski definition) is 0. The van der Waals surface area contributed by atoms with Crippen molar-refractivity contribution in [3.8, 4) is 0 Å². The molecule has 0 radical (unpaired) electrons. The van der Waals surface area contributed by atoms with Gasteiger partial charge in [-0.05, 0) is 42.9 Å². The van der Waals surface area contributed by atoms with Crippen molar-refractivity contribution in [3.63, 3.8) is 0 Å². The summed E-state index contributed by atoms with van der Waals surface area (Å²) in [5, 5.41) is 0. The number of fused-ring (bicyclic) bond motifs is 1. The first-order valence-electron chi connectivity index (χ1n) is 6.27. The quantitative estimate of drug-likeness (QED) is 0.552. The summed E-state index contributed by atoms with van der Waals surface area (Å²) in [5.41, 5.74) is 0. The fourth-order valence-electron chi connectivity index (χ4n) is 2.31. The van der Waals surface area contributed by atoms with E-state index in [1.165, 1.54) is 11.8 Å². The lowest BCUT2D eigenvalue weighted by Crippen LogP contribution is -2.04. The summed E-state index contributed by atoms with van der Waals surface area (Å²) in [6.07, 6.45) is 4.69. The molecule has 2 fully saturated rings. The first-order chi connectivity index (χ1) is 6.27. The molecule has 0 spiro atoms. The molecule has 2 saturated carbocycles. The smallest absolute Gasteiger partial charge is 0.0380 e. The van der Waals surface area contributed by atoms with Gasteiger partial charge in [0, 0.05) is 0 Å². The van der Waals surface area contributed by atoms with Gasteiger partial charge in [0.05, 0.1) is 0 Å². The van der Waals surface area contributed by atoms with Gasteiger partial charge in [0.25, 0.3) is 0 Å². The van der Waals surface area contributed by atoms with Gasteiger partial charge < -0.3 is 0 Å². The Bertz CT molecular complexity index is 105. The van der Waals surface area contributed by atoms with E-state index in [4.69, 9.17) is 0 Å². The van der Waals surface area contributed by atoms with Gasteiger partial charge in [0.15, 0.2) is 0 Å². The van der Waals surface area contributed by atoms with Crippen molar-refractivity contribution in [2.75, 3.05) is 0 Å². The maximum atomic E-state index is 2.37. The Hall–Kier alpha value is 0. The molecule has 0 aromatic carbocycles. The van der Waals surface area contributed by atoms with Crippen molar-refractivity contribution in [1.29, 1.82) is 0 Å². The van der Waals surface area contributed by atoms with E-state index in [9.17, 15) is 0 Å². The van der Waals surface area contributed by atoms with Crippen LogP contribution in [0.5, 0.6) is 0 Å². The van der Waals surface area contributed by atoms with Crippen LogP contribution in [-0.4, -0.2) is 0 Å². The van der Waals surface area contributed by atoms with Crippen LogP contribution in [0.25, 0.3) is 0 Å². The molecule has 2 aliphatic rings. The summed E-state index contributed by atoms with van der Waals surface area (Å²) < 4.78 is 0. The minimum Gasteiger partial charge on any atom is -0.0683 e. The molecule has 0 aromatic rings. The maximum absolute atomic E-state index is 2.37. The second-order valence-electron chi connectivity index (χ2n) is 4.23.